The molecule has 4 aromatic rings. The van der Waals surface area contributed by atoms with Gasteiger partial charge in [0.2, 0.25) is 0 Å². The molecular formula is C32H39ClN6O. The molecule has 1 fully saturated rings. The molecule has 1 amide bonds. The first-order valence-corrected chi connectivity index (χ1v) is 14.9. The van der Waals surface area contributed by atoms with Crippen molar-refractivity contribution in [2.75, 3.05) is 31.1 Å². The minimum atomic E-state index is 0.100. The van der Waals surface area contributed by atoms with E-state index in [1.54, 1.807) is 0 Å². The number of rotatable bonds is 9. The lowest BCUT2D eigenvalue weighted by Crippen LogP contribution is -2.35. The molecule has 0 aliphatic carbocycles. The summed E-state index contributed by atoms with van der Waals surface area (Å²) < 4.78 is 1.85. The molecule has 1 aliphatic heterocycles. The first-order valence-electron chi connectivity index (χ1n) is 14.6. The average Bonchev–Trinajstić information content (AvgIpc) is 3.23. The first kappa shape index (κ1) is 28.1. The quantitative estimate of drug-likeness (QED) is 0.227. The van der Waals surface area contributed by atoms with Crippen molar-refractivity contribution >= 4 is 34.4 Å². The molecule has 40 heavy (non-hydrogen) atoms. The molecule has 0 unspecified atom stereocenters. The van der Waals surface area contributed by atoms with E-state index in [4.69, 9.17) is 26.7 Å². The van der Waals surface area contributed by atoms with Crippen molar-refractivity contribution in [1.29, 1.82) is 0 Å². The van der Waals surface area contributed by atoms with E-state index < -0.39 is 0 Å². The summed E-state index contributed by atoms with van der Waals surface area (Å²) in [4.78, 5) is 27.7. The molecule has 7 nitrogen and oxygen atoms in total. The van der Waals surface area contributed by atoms with E-state index in [1.165, 1.54) is 18.4 Å². The van der Waals surface area contributed by atoms with Crippen LogP contribution in [0.25, 0.3) is 16.7 Å². The van der Waals surface area contributed by atoms with Crippen molar-refractivity contribution in [2.45, 2.75) is 59.3 Å². The van der Waals surface area contributed by atoms with Crippen molar-refractivity contribution in [1.82, 2.24) is 24.6 Å². The van der Waals surface area contributed by atoms with Crippen LogP contribution in [-0.4, -0.2) is 56.7 Å². The minimum absolute atomic E-state index is 0.100. The number of carbonyl (C=O) groups excluding carboxylic acids is 1. The Labute approximate surface area is 242 Å². The molecule has 1 saturated heterocycles. The number of hydrogen-bond donors (Lipinski definition) is 0. The second-order valence-electron chi connectivity index (χ2n) is 11.1. The molecular weight excluding hydrogens is 520 g/mol. The second-order valence-corrected chi connectivity index (χ2v) is 11.5. The molecule has 2 aromatic carbocycles. The topological polar surface area (TPSA) is 67.2 Å². The van der Waals surface area contributed by atoms with Crippen LogP contribution in [0.15, 0.2) is 54.7 Å². The Hall–Kier alpha value is -3.45. The molecule has 2 aromatic heterocycles. The van der Waals surface area contributed by atoms with Crippen LogP contribution < -0.4 is 4.90 Å². The summed E-state index contributed by atoms with van der Waals surface area (Å²) in [5.74, 6) is 2.37. The van der Waals surface area contributed by atoms with Gasteiger partial charge in [-0.25, -0.2) is 14.6 Å². The lowest BCUT2D eigenvalue weighted by molar-refractivity contribution is 0.0767. The largest absolute Gasteiger partial charge is 0.354 e. The van der Waals surface area contributed by atoms with Crippen LogP contribution in [-0.2, 0) is 12.8 Å². The van der Waals surface area contributed by atoms with E-state index in [0.29, 0.717) is 24.0 Å². The third kappa shape index (κ3) is 6.47. The summed E-state index contributed by atoms with van der Waals surface area (Å²) in [6.45, 7) is 9.53. The van der Waals surface area contributed by atoms with Crippen LogP contribution in [0.1, 0.15) is 68.2 Å². The molecule has 0 radical (unpaired) electrons. The van der Waals surface area contributed by atoms with Crippen molar-refractivity contribution in [3.05, 3.63) is 76.7 Å². The van der Waals surface area contributed by atoms with Crippen molar-refractivity contribution < 1.29 is 4.79 Å². The standard InChI is InChI=1S/C32H39ClN6O/c1-4-5-8-24-12-14-25(15-13-24)32(40)38-18-7-17-37(19-20-38)30-28-22-34-39(27-10-6-9-26(33)21-27)31(28)36-29(35-30)16-11-23(2)3/h6,9-10,12-15,21-23H,4-5,7-8,11,16-20H2,1-3H3. The van der Waals surface area contributed by atoms with Gasteiger partial charge >= 0.3 is 0 Å². The monoisotopic (exact) mass is 558 g/mol. The van der Waals surface area contributed by atoms with Crippen LogP contribution >= 0.6 is 11.6 Å². The van der Waals surface area contributed by atoms with E-state index in [9.17, 15) is 4.79 Å². The highest BCUT2D eigenvalue weighted by Gasteiger charge is 2.24. The molecule has 8 heteroatoms. The highest BCUT2D eigenvalue weighted by molar-refractivity contribution is 6.30. The molecule has 0 atom stereocenters. The minimum Gasteiger partial charge on any atom is -0.354 e. The zero-order valence-corrected chi connectivity index (χ0v) is 24.6. The molecule has 0 spiro atoms. The number of benzene rings is 2. The first-order chi connectivity index (χ1) is 19.4. The molecule has 1 aliphatic rings. The molecule has 0 bridgehead atoms. The van der Waals surface area contributed by atoms with E-state index >= 15 is 0 Å². The average molecular weight is 559 g/mol. The van der Waals surface area contributed by atoms with Gasteiger partial charge in [0.15, 0.2) is 5.65 Å². The number of hydrogen-bond acceptors (Lipinski definition) is 5. The lowest BCUT2D eigenvalue weighted by Gasteiger charge is -2.24. The van der Waals surface area contributed by atoms with E-state index in [-0.39, 0.29) is 5.91 Å². The summed E-state index contributed by atoms with van der Waals surface area (Å²) >= 11 is 6.30. The number of amides is 1. The summed E-state index contributed by atoms with van der Waals surface area (Å²) in [6, 6.07) is 15.8. The van der Waals surface area contributed by atoms with Gasteiger partial charge in [-0.15, -0.1) is 0 Å². The number of unbranched alkanes of at least 4 members (excludes halogenated alkanes) is 1. The van der Waals surface area contributed by atoms with Crippen molar-refractivity contribution in [2.24, 2.45) is 5.92 Å². The highest BCUT2D eigenvalue weighted by Crippen LogP contribution is 2.28. The Balaban J connectivity index is 1.40. The fraction of sp³-hybridized carbons (Fsp3) is 0.438. The highest BCUT2D eigenvalue weighted by atomic mass is 35.5. The van der Waals surface area contributed by atoms with Crippen molar-refractivity contribution in [3.63, 3.8) is 0 Å². The lowest BCUT2D eigenvalue weighted by atomic mass is 10.1. The number of carbonyl (C=O) groups is 1. The van der Waals surface area contributed by atoms with Gasteiger partial charge in [0.05, 0.1) is 17.3 Å². The number of fused-ring (bicyclic) bond motifs is 1. The SMILES string of the molecule is CCCCc1ccc(C(=O)N2CCCN(c3nc(CCC(C)C)nc4c3cnn4-c3cccc(Cl)c3)CC2)cc1. The van der Waals surface area contributed by atoms with Crippen molar-refractivity contribution in [3.8, 4) is 5.69 Å². The van der Waals surface area contributed by atoms with Crippen LogP contribution in [0.2, 0.25) is 5.02 Å². The zero-order chi connectivity index (χ0) is 28.1. The van der Waals surface area contributed by atoms with Gasteiger partial charge in [0.1, 0.15) is 11.6 Å². The number of nitrogens with zero attached hydrogens (tertiary/aromatic N) is 6. The van der Waals surface area contributed by atoms with Gasteiger partial charge in [-0.1, -0.05) is 57.0 Å². The molecule has 3 heterocycles. The second kappa shape index (κ2) is 12.8. The summed E-state index contributed by atoms with van der Waals surface area (Å²) in [5.41, 5.74) is 3.71. The molecule has 0 N–H and O–H groups in total. The van der Waals surface area contributed by atoms with Gasteiger partial charge in [0, 0.05) is 43.2 Å². The molecule has 0 saturated carbocycles. The van der Waals surface area contributed by atoms with Gasteiger partial charge in [-0.2, -0.15) is 5.10 Å². The maximum absolute atomic E-state index is 13.4. The Bertz CT molecular complexity index is 1450. The summed E-state index contributed by atoms with van der Waals surface area (Å²) in [5, 5.41) is 6.26. The number of anilines is 1. The maximum atomic E-state index is 13.4. The zero-order valence-electron chi connectivity index (χ0n) is 23.8. The normalized spacial score (nSPS) is 14.2. The maximum Gasteiger partial charge on any atom is 0.253 e. The number of aryl methyl sites for hydroxylation is 2. The fourth-order valence-corrected chi connectivity index (χ4v) is 5.40. The summed E-state index contributed by atoms with van der Waals surface area (Å²) in [6.07, 6.45) is 7.93. The van der Waals surface area contributed by atoms with E-state index in [2.05, 4.69) is 37.8 Å². The smallest absolute Gasteiger partial charge is 0.253 e. The molecule has 210 valence electrons. The molecule has 5 rings (SSSR count). The van der Waals surface area contributed by atoms with Crippen LogP contribution in [0.4, 0.5) is 5.82 Å². The predicted octanol–water partition coefficient (Wildman–Crippen LogP) is 6.75. The number of halogens is 1. The Morgan fingerprint density at radius 3 is 2.58 bits per heavy atom. The van der Waals surface area contributed by atoms with Crippen LogP contribution in [0.5, 0.6) is 0 Å². The Morgan fingerprint density at radius 1 is 1.00 bits per heavy atom. The van der Waals surface area contributed by atoms with Crippen LogP contribution in [0.3, 0.4) is 0 Å². The van der Waals surface area contributed by atoms with Gasteiger partial charge in [-0.05, 0) is 67.5 Å². The van der Waals surface area contributed by atoms with Gasteiger partial charge in [0.25, 0.3) is 5.91 Å². The Kier molecular flexibility index (Phi) is 9.00. The van der Waals surface area contributed by atoms with Crippen LogP contribution in [0, 0.1) is 5.92 Å². The third-order valence-electron chi connectivity index (χ3n) is 7.56. The van der Waals surface area contributed by atoms with E-state index in [1.807, 2.05) is 52.2 Å². The fourth-order valence-electron chi connectivity index (χ4n) is 5.21. The van der Waals surface area contributed by atoms with E-state index in [0.717, 1.165) is 72.7 Å². The third-order valence-corrected chi connectivity index (χ3v) is 7.79. The Morgan fingerprint density at radius 2 is 1.82 bits per heavy atom. The number of aromatic nitrogens is 4. The predicted molar refractivity (Wildman–Crippen MR) is 163 cm³/mol. The van der Waals surface area contributed by atoms with Gasteiger partial charge in [-0.3, -0.25) is 4.79 Å². The summed E-state index contributed by atoms with van der Waals surface area (Å²) in [7, 11) is 0. The van der Waals surface area contributed by atoms with Gasteiger partial charge < -0.3 is 9.80 Å².